The Morgan fingerprint density at radius 3 is 2.96 bits per heavy atom. The molecule has 0 bridgehead atoms. The molecule has 0 aromatic carbocycles. The van der Waals surface area contributed by atoms with Crippen LogP contribution in [0.15, 0.2) is 47.5 Å². The van der Waals surface area contributed by atoms with Crippen LogP contribution >= 0.6 is 12.4 Å². The molecular formula is C18H19ClN6O. The summed E-state index contributed by atoms with van der Waals surface area (Å²) in [6.07, 6.45) is 5.79. The molecule has 1 unspecified atom stereocenters. The van der Waals surface area contributed by atoms with Crippen molar-refractivity contribution in [3.63, 3.8) is 0 Å². The highest BCUT2D eigenvalue weighted by atomic mass is 35.5. The molecule has 1 atom stereocenters. The molecular weight excluding hydrogens is 352 g/mol. The molecule has 4 aromatic heterocycles. The monoisotopic (exact) mass is 370 g/mol. The maximum Gasteiger partial charge on any atom is 0.327 e. The molecule has 1 aliphatic heterocycles. The number of fused-ring (bicyclic) bond motifs is 2. The maximum atomic E-state index is 12.5. The second-order valence-electron chi connectivity index (χ2n) is 6.46. The highest BCUT2D eigenvalue weighted by Gasteiger charge is 2.21. The van der Waals surface area contributed by atoms with Gasteiger partial charge in [-0.05, 0) is 43.7 Å². The summed E-state index contributed by atoms with van der Waals surface area (Å²) < 4.78 is 3.63. The molecule has 0 amide bonds. The third-order valence-electron chi connectivity index (χ3n) is 4.90. The molecule has 134 valence electrons. The highest BCUT2D eigenvalue weighted by Crippen LogP contribution is 2.26. The first-order valence-electron chi connectivity index (χ1n) is 8.56. The van der Waals surface area contributed by atoms with Crippen molar-refractivity contribution in [2.45, 2.75) is 18.9 Å². The van der Waals surface area contributed by atoms with E-state index >= 15 is 0 Å². The second-order valence-corrected chi connectivity index (χ2v) is 6.46. The number of hydrogen-bond donors (Lipinski definition) is 2. The van der Waals surface area contributed by atoms with Crippen molar-refractivity contribution < 1.29 is 0 Å². The van der Waals surface area contributed by atoms with Crippen molar-refractivity contribution in [2.24, 2.45) is 0 Å². The van der Waals surface area contributed by atoms with Crippen molar-refractivity contribution in [3.05, 3.63) is 53.2 Å². The average molecular weight is 371 g/mol. The van der Waals surface area contributed by atoms with Crippen molar-refractivity contribution >= 4 is 29.1 Å². The lowest BCUT2D eigenvalue weighted by molar-refractivity contribution is 0.370. The first-order chi connectivity index (χ1) is 12.3. The van der Waals surface area contributed by atoms with Crippen LogP contribution < -0.4 is 11.0 Å². The van der Waals surface area contributed by atoms with Crippen LogP contribution in [0.5, 0.6) is 0 Å². The van der Waals surface area contributed by atoms with E-state index in [0.717, 1.165) is 48.2 Å². The van der Waals surface area contributed by atoms with Crippen molar-refractivity contribution in [1.82, 2.24) is 29.5 Å². The van der Waals surface area contributed by atoms with Crippen molar-refractivity contribution in [1.29, 1.82) is 0 Å². The molecule has 1 fully saturated rings. The van der Waals surface area contributed by atoms with E-state index in [-0.39, 0.29) is 24.1 Å². The van der Waals surface area contributed by atoms with Gasteiger partial charge in [-0.15, -0.1) is 12.4 Å². The van der Waals surface area contributed by atoms with Crippen LogP contribution in [-0.4, -0.2) is 37.2 Å². The number of pyridine rings is 2. The zero-order chi connectivity index (χ0) is 16.8. The SMILES string of the molecule is Cl.O=c1[nH]c2ccc(-c3cnn4ccccc34)nc2n1C1CCCNC1. The third-order valence-corrected chi connectivity index (χ3v) is 4.90. The minimum atomic E-state index is -0.0896. The van der Waals surface area contributed by atoms with Gasteiger partial charge in [-0.25, -0.2) is 14.3 Å². The standard InChI is InChI=1S/C18H18N6O.ClH/c25-18-22-15-7-6-14(13-11-20-23-9-2-1-5-16(13)23)21-17(15)24(18)12-4-3-8-19-10-12;/h1-2,5-7,9,11-12,19H,3-4,8,10H2,(H,22,25);1H. The van der Waals surface area contributed by atoms with Crippen LogP contribution in [0, 0.1) is 0 Å². The molecule has 4 aromatic rings. The van der Waals surface area contributed by atoms with E-state index < -0.39 is 0 Å². The molecule has 26 heavy (non-hydrogen) atoms. The lowest BCUT2D eigenvalue weighted by Gasteiger charge is -2.23. The molecule has 7 nitrogen and oxygen atoms in total. The van der Waals surface area contributed by atoms with Crippen molar-refractivity contribution in [3.8, 4) is 11.3 Å². The number of aromatic amines is 1. The van der Waals surface area contributed by atoms with E-state index in [9.17, 15) is 4.79 Å². The smallest absolute Gasteiger partial charge is 0.315 e. The quantitative estimate of drug-likeness (QED) is 0.567. The normalized spacial score (nSPS) is 17.5. The fourth-order valence-electron chi connectivity index (χ4n) is 3.68. The summed E-state index contributed by atoms with van der Waals surface area (Å²) in [7, 11) is 0. The van der Waals surface area contributed by atoms with E-state index in [1.54, 1.807) is 4.57 Å². The highest BCUT2D eigenvalue weighted by molar-refractivity contribution is 5.85. The number of nitrogens with one attached hydrogen (secondary N) is 2. The Kier molecular flexibility index (Phi) is 4.26. The molecule has 0 spiro atoms. The Labute approximate surface area is 155 Å². The number of hydrogen-bond acceptors (Lipinski definition) is 4. The first-order valence-corrected chi connectivity index (χ1v) is 8.56. The summed E-state index contributed by atoms with van der Waals surface area (Å²) in [5, 5.41) is 7.75. The predicted octanol–water partition coefficient (Wildman–Crippen LogP) is 2.39. The van der Waals surface area contributed by atoms with Crippen molar-refractivity contribution in [2.75, 3.05) is 13.1 Å². The van der Waals surface area contributed by atoms with Gasteiger partial charge in [-0.1, -0.05) is 6.07 Å². The molecule has 5 heterocycles. The van der Waals surface area contributed by atoms with Crippen LogP contribution in [0.4, 0.5) is 0 Å². The average Bonchev–Trinajstić information content (AvgIpc) is 3.22. The van der Waals surface area contributed by atoms with E-state index in [1.165, 1.54) is 0 Å². The lowest BCUT2D eigenvalue weighted by Crippen LogP contribution is -2.35. The molecule has 0 saturated carbocycles. The van der Waals surface area contributed by atoms with Crippen LogP contribution in [0.1, 0.15) is 18.9 Å². The maximum absolute atomic E-state index is 12.5. The fraction of sp³-hybridized carbons (Fsp3) is 0.278. The molecule has 8 heteroatoms. The number of piperidine rings is 1. The van der Waals surface area contributed by atoms with Gasteiger partial charge < -0.3 is 10.3 Å². The molecule has 1 aliphatic rings. The number of imidazole rings is 1. The van der Waals surface area contributed by atoms with E-state index in [1.807, 2.05) is 47.2 Å². The number of nitrogens with zero attached hydrogens (tertiary/aromatic N) is 4. The topological polar surface area (TPSA) is 80.0 Å². The summed E-state index contributed by atoms with van der Waals surface area (Å²) >= 11 is 0. The summed E-state index contributed by atoms with van der Waals surface area (Å²) in [5.74, 6) is 0. The molecule has 1 saturated heterocycles. The van der Waals surface area contributed by atoms with Gasteiger partial charge >= 0.3 is 5.69 Å². The minimum Gasteiger partial charge on any atom is -0.315 e. The van der Waals surface area contributed by atoms with Gasteiger partial charge in [0.05, 0.1) is 29.0 Å². The van der Waals surface area contributed by atoms with Gasteiger partial charge in [-0.2, -0.15) is 5.10 Å². The van der Waals surface area contributed by atoms with Crippen LogP contribution in [0.3, 0.4) is 0 Å². The fourth-order valence-corrected chi connectivity index (χ4v) is 3.68. The summed E-state index contributed by atoms with van der Waals surface area (Å²) in [6.45, 7) is 1.81. The van der Waals surface area contributed by atoms with Gasteiger partial charge in [0.15, 0.2) is 5.65 Å². The number of halogens is 1. The van der Waals surface area contributed by atoms with E-state index in [0.29, 0.717) is 5.65 Å². The zero-order valence-corrected chi connectivity index (χ0v) is 14.9. The van der Waals surface area contributed by atoms with Gasteiger partial charge in [0, 0.05) is 18.3 Å². The van der Waals surface area contributed by atoms with Crippen LogP contribution in [-0.2, 0) is 0 Å². The minimum absolute atomic E-state index is 0. The van der Waals surface area contributed by atoms with Crippen LogP contribution in [0.2, 0.25) is 0 Å². The van der Waals surface area contributed by atoms with Gasteiger partial charge in [0.25, 0.3) is 0 Å². The summed E-state index contributed by atoms with van der Waals surface area (Å²) in [6, 6.07) is 9.95. The molecule has 2 N–H and O–H groups in total. The van der Waals surface area contributed by atoms with E-state index in [4.69, 9.17) is 4.98 Å². The molecule has 5 rings (SSSR count). The predicted molar refractivity (Wildman–Crippen MR) is 103 cm³/mol. The van der Waals surface area contributed by atoms with Gasteiger partial charge in [0.1, 0.15) is 0 Å². The van der Waals surface area contributed by atoms with Crippen LogP contribution in [0.25, 0.3) is 27.9 Å². The summed E-state index contributed by atoms with van der Waals surface area (Å²) in [4.78, 5) is 20.2. The Morgan fingerprint density at radius 1 is 1.19 bits per heavy atom. The molecule has 0 radical (unpaired) electrons. The molecule has 0 aliphatic carbocycles. The number of rotatable bonds is 2. The third kappa shape index (κ3) is 2.60. The lowest BCUT2D eigenvalue weighted by atomic mass is 10.1. The first kappa shape index (κ1) is 16.8. The Hall–Kier alpha value is -2.64. The summed E-state index contributed by atoms with van der Waals surface area (Å²) in [5.41, 5.74) is 4.18. The largest absolute Gasteiger partial charge is 0.327 e. The van der Waals surface area contributed by atoms with Gasteiger partial charge in [0.2, 0.25) is 0 Å². The van der Waals surface area contributed by atoms with E-state index in [2.05, 4.69) is 15.4 Å². The Bertz CT molecular complexity index is 1120. The zero-order valence-electron chi connectivity index (χ0n) is 14.1. The Morgan fingerprint density at radius 2 is 2.12 bits per heavy atom. The number of H-pyrrole nitrogens is 1. The van der Waals surface area contributed by atoms with Gasteiger partial charge in [-0.3, -0.25) is 4.57 Å². The Balaban J connectivity index is 0.00000168. The number of aromatic nitrogens is 5. The second kappa shape index (κ2) is 6.59.